The van der Waals surface area contributed by atoms with Crippen LogP contribution in [0.25, 0.3) is 21.9 Å². The van der Waals surface area contributed by atoms with Crippen LogP contribution in [0, 0.1) is 6.92 Å². The fourth-order valence-electron chi connectivity index (χ4n) is 4.22. The fourth-order valence-corrected chi connectivity index (χ4v) is 4.22. The molecule has 1 saturated heterocycles. The van der Waals surface area contributed by atoms with Crippen LogP contribution in [-0.2, 0) is 6.42 Å². The Balaban J connectivity index is 1.62. The molecule has 2 aromatic heterocycles. The number of aryl methyl sites for hydroxylation is 1. The van der Waals surface area contributed by atoms with Crippen LogP contribution < -0.4 is 10.6 Å². The van der Waals surface area contributed by atoms with Gasteiger partial charge in [0, 0.05) is 18.4 Å². The second-order valence-corrected chi connectivity index (χ2v) is 7.46. The molecule has 1 fully saturated rings. The molecule has 28 heavy (non-hydrogen) atoms. The lowest BCUT2D eigenvalue weighted by molar-refractivity contribution is 0.672. The topological polar surface area (TPSA) is 83.7 Å². The Morgan fingerprint density at radius 1 is 1.11 bits per heavy atom. The zero-order valence-electron chi connectivity index (χ0n) is 16.0. The first-order valence-electron chi connectivity index (χ1n) is 9.92. The molecule has 0 amide bonds. The Morgan fingerprint density at radius 3 is 2.86 bits per heavy atom. The molecule has 6 nitrogen and oxygen atoms in total. The van der Waals surface area contributed by atoms with Crippen molar-refractivity contribution in [3.63, 3.8) is 0 Å². The highest BCUT2D eigenvalue weighted by Gasteiger charge is 2.31. The number of hydrogen-bond donors (Lipinski definition) is 2. The van der Waals surface area contributed by atoms with Crippen molar-refractivity contribution in [2.24, 2.45) is 5.73 Å². The van der Waals surface area contributed by atoms with Crippen LogP contribution in [0.15, 0.2) is 42.5 Å². The number of aromatic nitrogens is 4. The van der Waals surface area contributed by atoms with Crippen molar-refractivity contribution < 1.29 is 0 Å². The van der Waals surface area contributed by atoms with Crippen LogP contribution in [0.4, 0.5) is 5.82 Å². The number of nitrogens with zero attached hydrogens (tertiary/aromatic N) is 4. The first-order chi connectivity index (χ1) is 13.7. The molecule has 2 aromatic carbocycles. The molecule has 3 N–H and O–H groups in total. The number of fused-ring (bicyclic) bond motifs is 2. The number of H-pyrrole nitrogens is 1. The number of benzene rings is 2. The predicted octanol–water partition coefficient (Wildman–Crippen LogP) is 3.66. The number of aromatic amines is 1. The van der Waals surface area contributed by atoms with Crippen LogP contribution in [0.3, 0.4) is 0 Å². The van der Waals surface area contributed by atoms with Gasteiger partial charge in [0.2, 0.25) is 0 Å². The molecule has 0 aliphatic carbocycles. The van der Waals surface area contributed by atoms with Crippen molar-refractivity contribution in [3.05, 3.63) is 59.7 Å². The Morgan fingerprint density at radius 2 is 2.00 bits per heavy atom. The van der Waals surface area contributed by atoms with Crippen molar-refractivity contribution in [1.29, 1.82) is 0 Å². The van der Waals surface area contributed by atoms with Crippen LogP contribution in [0.2, 0.25) is 0 Å². The summed E-state index contributed by atoms with van der Waals surface area (Å²) in [5.41, 5.74) is 10.1. The third-order valence-electron chi connectivity index (χ3n) is 5.57. The summed E-state index contributed by atoms with van der Waals surface area (Å²) in [6.07, 6.45) is 2.86. The normalized spacial score (nSPS) is 17.1. The maximum Gasteiger partial charge on any atom is 0.140 e. The van der Waals surface area contributed by atoms with Gasteiger partial charge < -0.3 is 15.6 Å². The summed E-state index contributed by atoms with van der Waals surface area (Å²) in [6.45, 7) is 3.62. The number of nitrogens with two attached hydrogens (primary N) is 1. The maximum absolute atomic E-state index is 5.78. The van der Waals surface area contributed by atoms with E-state index in [1.807, 2.05) is 12.1 Å². The van der Waals surface area contributed by atoms with Crippen LogP contribution in [-0.4, -0.2) is 33.0 Å². The molecule has 1 aliphatic rings. The smallest absolute Gasteiger partial charge is 0.140 e. The largest absolute Gasteiger partial charge is 0.346 e. The lowest BCUT2D eigenvalue weighted by Gasteiger charge is -2.26. The van der Waals surface area contributed by atoms with E-state index in [1.165, 1.54) is 5.56 Å². The molecule has 1 aliphatic heterocycles. The van der Waals surface area contributed by atoms with Gasteiger partial charge >= 0.3 is 0 Å². The Kier molecular flexibility index (Phi) is 4.20. The number of hydrogen-bond acceptors (Lipinski definition) is 5. The Bertz CT molecular complexity index is 1150. The lowest BCUT2D eigenvalue weighted by Crippen LogP contribution is -2.25. The minimum Gasteiger partial charge on any atom is -0.346 e. The van der Waals surface area contributed by atoms with E-state index in [0.717, 1.165) is 58.8 Å². The zero-order chi connectivity index (χ0) is 19.1. The Labute approximate surface area is 163 Å². The van der Waals surface area contributed by atoms with Gasteiger partial charge in [-0.1, -0.05) is 24.3 Å². The molecule has 1 atom stereocenters. The van der Waals surface area contributed by atoms with Crippen LogP contribution in [0.5, 0.6) is 0 Å². The molecule has 0 spiro atoms. The van der Waals surface area contributed by atoms with Gasteiger partial charge in [-0.05, 0) is 50.1 Å². The third-order valence-corrected chi connectivity index (χ3v) is 5.57. The summed E-state index contributed by atoms with van der Waals surface area (Å²) in [5, 5.41) is 1.09. The van der Waals surface area contributed by atoms with E-state index in [0.29, 0.717) is 13.0 Å². The third kappa shape index (κ3) is 2.81. The number of anilines is 1. The minimum atomic E-state index is 0.191. The summed E-state index contributed by atoms with van der Waals surface area (Å²) in [5.74, 6) is 2.82. The van der Waals surface area contributed by atoms with Gasteiger partial charge in [-0.3, -0.25) is 0 Å². The summed E-state index contributed by atoms with van der Waals surface area (Å²) in [7, 11) is 0. The molecule has 6 heteroatoms. The van der Waals surface area contributed by atoms with Gasteiger partial charge in [0.25, 0.3) is 0 Å². The van der Waals surface area contributed by atoms with Gasteiger partial charge in [0.05, 0.1) is 22.6 Å². The first-order valence-corrected chi connectivity index (χ1v) is 9.92. The number of rotatable bonds is 4. The van der Waals surface area contributed by atoms with Gasteiger partial charge in [0.15, 0.2) is 0 Å². The summed E-state index contributed by atoms with van der Waals surface area (Å²) in [4.78, 5) is 20.5. The van der Waals surface area contributed by atoms with Crippen molar-refractivity contribution in [2.75, 3.05) is 18.0 Å². The molecule has 1 unspecified atom stereocenters. The van der Waals surface area contributed by atoms with Crippen LogP contribution >= 0.6 is 0 Å². The number of nitrogens with one attached hydrogen (secondary N) is 1. The quantitative estimate of drug-likeness (QED) is 0.571. The average molecular weight is 372 g/mol. The second-order valence-electron chi connectivity index (χ2n) is 7.46. The molecular formula is C22H24N6. The summed E-state index contributed by atoms with van der Waals surface area (Å²) in [6, 6.07) is 14.7. The zero-order valence-corrected chi connectivity index (χ0v) is 16.0. The second kappa shape index (κ2) is 6.87. The van der Waals surface area contributed by atoms with E-state index in [-0.39, 0.29) is 6.04 Å². The van der Waals surface area contributed by atoms with Gasteiger partial charge in [-0.25, -0.2) is 15.0 Å². The van der Waals surface area contributed by atoms with E-state index in [1.54, 1.807) is 0 Å². The highest BCUT2D eigenvalue weighted by molar-refractivity contribution is 5.90. The molecular weight excluding hydrogens is 348 g/mol. The monoisotopic (exact) mass is 372 g/mol. The predicted molar refractivity (Wildman–Crippen MR) is 112 cm³/mol. The van der Waals surface area contributed by atoms with E-state index in [9.17, 15) is 0 Å². The van der Waals surface area contributed by atoms with E-state index < -0.39 is 0 Å². The molecule has 0 bridgehead atoms. The Hall–Kier alpha value is -2.99. The van der Waals surface area contributed by atoms with Crippen molar-refractivity contribution >= 4 is 27.8 Å². The first kappa shape index (κ1) is 17.1. The number of para-hydroxylation sites is 2. The summed E-state index contributed by atoms with van der Waals surface area (Å²) >= 11 is 0. The standard InChI is InChI=1S/C22H24N6/c1-14-6-4-9-17-20(14)27-21(25-17)18-10-5-13-28(18)22-15-7-2-3-8-16(15)24-19(26-22)11-12-23/h2-4,6-9,18H,5,10-13,23H2,1H3,(H,25,27). The van der Waals surface area contributed by atoms with E-state index in [2.05, 4.69) is 47.1 Å². The lowest BCUT2D eigenvalue weighted by atomic mass is 10.1. The van der Waals surface area contributed by atoms with Gasteiger partial charge in [-0.15, -0.1) is 0 Å². The highest BCUT2D eigenvalue weighted by atomic mass is 15.3. The number of imidazole rings is 1. The SMILES string of the molecule is Cc1cccc2[nH]c(C3CCCN3c3nc(CCN)nc4ccccc34)nc12. The summed E-state index contributed by atoms with van der Waals surface area (Å²) < 4.78 is 0. The fraction of sp³-hybridized carbons (Fsp3) is 0.318. The molecule has 0 radical (unpaired) electrons. The minimum absolute atomic E-state index is 0.191. The van der Waals surface area contributed by atoms with Crippen molar-refractivity contribution in [3.8, 4) is 0 Å². The maximum atomic E-state index is 5.78. The van der Waals surface area contributed by atoms with Crippen LogP contribution in [0.1, 0.15) is 36.1 Å². The highest BCUT2D eigenvalue weighted by Crippen LogP contribution is 2.37. The average Bonchev–Trinajstić information content (AvgIpc) is 3.35. The van der Waals surface area contributed by atoms with E-state index in [4.69, 9.17) is 20.7 Å². The van der Waals surface area contributed by atoms with Gasteiger partial charge in [0.1, 0.15) is 17.5 Å². The molecule has 0 saturated carbocycles. The molecule has 5 rings (SSSR count). The van der Waals surface area contributed by atoms with Crippen molar-refractivity contribution in [1.82, 2.24) is 19.9 Å². The molecule has 4 aromatic rings. The van der Waals surface area contributed by atoms with Crippen molar-refractivity contribution in [2.45, 2.75) is 32.2 Å². The van der Waals surface area contributed by atoms with Gasteiger partial charge in [-0.2, -0.15) is 0 Å². The van der Waals surface area contributed by atoms with E-state index >= 15 is 0 Å². The molecule has 142 valence electrons. The molecule has 3 heterocycles.